The van der Waals surface area contributed by atoms with E-state index in [4.69, 9.17) is 27.9 Å². The van der Waals surface area contributed by atoms with Crippen LogP contribution in [0.1, 0.15) is 38.9 Å². The normalized spacial score (nSPS) is 10.9. The van der Waals surface area contributed by atoms with E-state index in [1.165, 1.54) is 0 Å². The van der Waals surface area contributed by atoms with Crippen molar-refractivity contribution in [1.29, 1.82) is 0 Å². The fourth-order valence-electron chi connectivity index (χ4n) is 2.91. The lowest BCUT2D eigenvalue weighted by molar-refractivity contribution is 0.0509. The second-order valence-corrected chi connectivity index (χ2v) is 6.48. The molecule has 0 aliphatic rings. The zero-order valence-electron chi connectivity index (χ0n) is 13.8. The molecule has 0 amide bonds. The molecular weight excluding hydrogens is 377 g/mol. The highest BCUT2D eigenvalue weighted by molar-refractivity contribution is 6.42. The lowest BCUT2D eigenvalue weighted by Crippen LogP contribution is -2.11. The van der Waals surface area contributed by atoms with Gasteiger partial charge in [0, 0.05) is 10.9 Å². The van der Waals surface area contributed by atoms with Crippen LogP contribution in [0.15, 0.2) is 36.4 Å². The van der Waals surface area contributed by atoms with Crippen molar-refractivity contribution >= 4 is 46.0 Å². The van der Waals surface area contributed by atoms with E-state index < -0.39 is 11.9 Å². The van der Waals surface area contributed by atoms with Crippen molar-refractivity contribution in [2.24, 2.45) is 0 Å². The fraction of sp³-hybridized carbons (Fsp3) is 0.158. The maximum absolute atomic E-state index is 12.1. The number of benzene rings is 2. The van der Waals surface area contributed by atoms with E-state index in [1.54, 1.807) is 31.2 Å². The zero-order valence-corrected chi connectivity index (χ0v) is 15.3. The van der Waals surface area contributed by atoms with E-state index in [0.29, 0.717) is 27.4 Å². The molecule has 0 saturated carbocycles. The van der Waals surface area contributed by atoms with E-state index in [2.05, 4.69) is 4.98 Å². The zero-order chi connectivity index (χ0) is 18.8. The summed E-state index contributed by atoms with van der Waals surface area (Å²) in [7, 11) is 0. The molecule has 0 radical (unpaired) electrons. The summed E-state index contributed by atoms with van der Waals surface area (Å²) in [5, 5.41) is 11.0. The summed E-state index contributed by atoms with van der Waals surface area (Å²) < 4.78 is 4.97. The van der Waals surface area contributed by atoms with Gasteiger partial charge in [-0.3, -0.25) is 0 Å². The minimum atomic E-state index is -1.19. The van der Waals surface area contributed by atoms with Crippen LogP contribution in [-0.2, 0) is 11.2 Å². The van der Waals surface area contributed by atoms with Crippen molar-refractivity contribution in [3.63, 3.8) is 0 Å². The first-order chi connectivity index (χ1) is 12.4. The van der Waals surface area contributed by atoms with E-state index in [0.717, 1.165) is 11.1 Å². The van der Waals surface area contributed by atoms with Crippen molar-refractivity contribution < 1.29 is 19.4 Å². The number of esters is 1. The first-order valence-corrected chi connectivity index (χ1v) is 8.65. The molecule has 2 aromatic carbocycles. The van der Waals surface area contributed by atoms with Crippen LogP contribution in [0.25, 0.3) is 10.9 Å². The van der Waals surface area contributed by atoms with E-state index >= 15 is 0 Å². The molecule has 0 atom stereocenters. The predicted molar refractivity (Wildman–Crippen MR) is 100 cm³/mol. The Balaban J connectivity index is 2.15. The van der Waals surface area contributed by atoms with Gasteiger partial charge in [-0.1, -0.05) is 41.4 Å². The van der Waals surface area contributed by atoms with E-state index in [9.17, 15) is 14.7 Å². The van der Waals surface area contributed by atoms with Crippen molar-refractivity contribution in [2.75, 3.05) is 6.61 Å². The van der Waals surface area contributed by atoms with Crippen LogP contribution >= 0.6 is 23.2 Å². The highest BCUT2D eigenvalue weighted by Gasteiger charge is 2.25. The standard InChI is InChI=1S/C19H15Cl2NO4/c1-2-26-19(25)17-16(18(23)24)15-11(4-3-5-14(15)22-17)8-10-6-7-12(20)13(21)9-10/h3-7,9,22H,2,8H2,1H3,(H,23,24). The average molecular weight is 392 g/mol. The monoisotopic (exact) mass is 391 g/mol. The van der Waals surface area contributed by atoms with Gasteiger partial charge in [-0.15, -0.1) is 0 Å². The van der Waals surface area contributed by atoms with Crippen LogP contribution in [0.3, 0.4) is 0 Å². The molecule has 0 saturated heterocycles. The third-order valence-corrected chi connectivity index (χ3v) is 4.72. The van der Waals surface area contributed by atoms with Crippen LogP contribution < -0.4 is 0 Å². The van der Waals surface area contributed by atoms with Crippen molar-refractivity contribution in [3.8, 4) is 0 Å². The first kappa shape index (κ1) is 18.3. The summed E-state index contributed by atoms with van der Waals surface area (Å²) in [6, 6.07) is 10.6. The van der Waals surface area contributed by atoms with Gasteiger partial charge in [-0.2, -0.15) is 0 Å². The number of carbonyl (C=O) groups is 2. The molecule has 0 unspecified atom stereocenters. The van der Waals surface area contributed by atoms with Crippen molar-refractivity contribution in [2.45, 2.75) is 13.3 Å². The van der Waals surface area contributed by atoms with Gasteiger partial charge in [0.15, 0.2) is 0 Å². The summed E-state index contributed by atoms with van der Waals surface area (Å²) >= 11 is 12.0. The molecule has 26 heavy (non-hydrogen) atoms. The molecule has 1 aromatic heterocycles. The van der Waals surface area contributed by atoms with Crippen LogP contribution in [0.4, 0.5) is 0 Å². The molecule has 5 nitrogen and oxygen atoms in total. The minimum absolute atomic E-state index is 0.0593. The van der Waals surface area contributed by atoms with Crippen LogP contribution in [-0.4, -0.2) is 28.6 Å². The van der Waals surface area contributed by atoms with Gasteiger partial charge in [0.05, 0.1) is 22.2 Å². The average Bonchev–Trinajstić information content (AvgIpc) is 2.99. The third kappa shape index (κ3) is 3.41. The molecule has 134 valence electrons. The second-order valence-electron chi connectivity index (χ2n) is 5.67. The summed E-state index contributed by atoms with van der Waals surface area (Å²) in [4.78, 5) is 26.9. The molecule has 0 aliphatic heterocycles. The highest BCUT2D eigenvalue weighted by Crippen LogP contribution is 2.30. The Bertz CT molecular complexity index is 1010. The number of carboxylic acid groups (broad SMARTS) is 1. The topological polar surface area (TPSA) is 79.4 Å². The number of hydrogen-bond donors (Lipinski definition) is 2. The summed E-state index contributed by atoms with van der Waals surface area (Å²) in [5.41, 5.74) is 2.04. The number of aromatic amines is 1. The highest BCUT2D eigenvalue weighted by atomic mass is 35.5. The second kappa shape index (κ2) is 7.40. The molecule has 1 heterocycles. The van der Waals surface area contributed by atoms with Crippen LogP contribution in [0.5, 0.6) is 0 Å². The van der Waals surface area contributed by atoms with Crippen LogP contribution in [0, 0.1) is 0 Å². The molecule has 2 N–H and O–H groups in total. The number of carboxylic acids is 1. The van der Waals surface area contributed by atoms with Gasteiger partial charge in [0.2, 0.25) is 0 Å². The fourth-order valence-corrected chi connectivity index (χ4v) is 3.23. The predicted octanol–water partition coefficient (Wildman–Crippen LogP) is 4.94. The number of hydrogen-bond acceptors (Lipinski definition) is 3. The molecule has 3 rings (SSSR count). The van der Waals surface area contributed by atoms with Crippen molar-refractivity contribution in [3.05, 3.63) is 68.8 Å². The quantitative estimate of drug-likeness (QED) is 0.603. The molecular formula is C19H15Cl2NO4. The molecule has 3 aromatic rings. The number of aromatic nitrogens is 1. The van der Waals surface area contributed by atoms with Crippen molar-refractivity contribution in [1.82, 2.24) is 4.98 Å². The van der Waals surface area contributed by atoms with Crippen LogP contribution in [0.2, 0.25) is 10.0 Å². The van der Waals surface area contributed by atoms with Gasteiger partial charge < -0.3 is 14.8 Å². The summed E-state index contributed by atoms with van der Waals surface area (Å²) in [5.74, 6) is -1.89. The lowest BCUT2D eigenvalue weighted by Gasteiger charge is -2.07. The van der Waals surface area contributed by atoms with Gasteiger partial charge in [-0.25, -0.2) is 9.59 Å². The Kier molecular flexibility index (Phi) is 5.20. The van der Waals surface area contributed by atoms with Gasteiger partial charge >= 0.3 is 11.9 Å². The Morgan fingerprint density at radius 1 is 1.15 bits per heavy atom. The third-order valence-electron chi connectivity index (χ3n) is 3.98. The summed E-state index contributed by atoms with van der Waals surface area (Å²) in [6.45, 7) is 1.82. The van der Waals surface area contributed by atoms with Gasteiger partial charge in [0.25, 0.3) is 0 Å². The molecule has 0 bridgehead atoms. The number of rotatable bonds is 5. The maximum atomic E-state index is 12.1. The Labute approximate surface area is 159 Å². The summed E-state index contributed by atoms with van der Waals surface area (Å²) in [6.07, 6.45) is 0.439. The number of aromatic carboxylic acids is 1. The number of H-pyrrole nitrogens is 1. The lowest BCUT2D eigenvalue weighted by atomic mass is 9.98. The molecule has 0 aliphatic carbocycles. The number of halogens is 2. The largest absolute Gasteiger partial charge is 0.478 e. The molecule has 0 spiro atoms. The Morgan fingerprint density at radius 2 is 1.92 bits per heavy atom. The SMILES string of the molecule is CCOC(=O)c1[nH]c2cccc(Cc3ccc(Cl)c(Cl)c3)c2c1C(=O)O. The van der Waals surface area contributed by atoms with Gasteiger partial charge in [0.1, 0.15) is 5.69 Å². The van der Waals surface area contributed by atoms with Gasteiger partial charge in [-0.05, 0) is 42.7 Å². The first-order valence-electron chi connectivity index (χ1n) is 7.90. The number of fused-ring (bicyclic) bond motifs is 1. The maximum Gasteiger partial charge on any atom is 0.355 e. The van der Waals surface area contributed by atoms with E-state index in [1.807, 2.05) is 12.1 Å². The molecule has 0 fully saturated rings. The smallest absolute Gasteiger partial charge is 0.355 e. The Morgan fingerprint density at radius 3 is 2.58 bits per heavy atom. The minimum Gasteiger partial charge on any atom is -0.478 e. The Hall–Kier alpha value is -2.50. The number of nitrogens with one attached hydrogen (secondary N) is 1. The molecule has 7 heteroatoms. The number of ether oxygens (including phenoxy) is 1. The number of carbonyl (C=O) groups excluding carboxylic acids is 1. The van der Waals surface area contributed by atoms with E-state index in [-0.39, 0.29) is 17.9 Å².